The van der Waals surface area contributed by atoms with Crippen LogP contribution in [-0.4, -0.2) is 31.1 Å². The lowest BCUT2D eigenvalue weighted by molar-refractivity contribution is 0.167. The molecule has 1 aliphatic rings. The van der Waals surface area contributed by atoms with Gasteiger partial charge in [-0.05, 0) is 42.3 Å². The maximum absolute atomic E-state index is 6.00. The topological polar surface area (TPSA) is 15.3 Å². The zero-order chi connectivity index (χ0) is 16.1. The van der Waals surface area contributed by atoms with E-state index in [1.54, 1.807) is 0 Å². The van der Waals surface area contributed by atoms with Crippen molar-refractivity contribution in [2.45, 2.75) is 29.2 Å². The quantitative estimate of drug-likeness (QED) is 0.833. The maximum Gasteiger partial charge on any atom is 0.0406 e. The molecule has 2 nitrogen and oxygen atoms in total. The zero-order valence-electron chi connectivity index (χ0n) is 13.5. The summed E-state index contributed by atoms with van der Waals surface area (Å²) in [6.07, 6.45) is 1.14. The van der Waals surface area contributed by atoms with E-state index in [9.17, 15) is 0 Å². The highest BCUT2D eigenvalue weighted by molar-refractivity contribution is 7.99. The number of rotatable bonds is 5. The summed E-state index contributed by atoms with van der Waals surface area (Å²) in [5.41, 5.74) is 1.44. The van der Waals surface area contributed by atoms with Gasteiger partial charge in [-0.25, -0.2) is 0 Å². The van der Waals surface area contributed by atoms with Gasteiger partial charge in [-0.15, -0.1) is 0 Å². The van der Waals surface area contributed by atoms with Gasteiger partial charge in [-0.2, -0.15) is 0 Å². The molecule has 0 spiro atoms. The summed E-state index contributed by atoms with van der Waals surface area (Å²) < 4.78 is 0. The van der Waals surface area contributed by atoms with Crippen LogP contribution in [0.3, 0.4) is 0 Å². The average molecular weight is 347 g/mol. The Morgan fingerprint density at radius 3 is 2.48 bits per heavy atom. The van der Waals surface area contributed by atoms with Crippen LogP contribution in [0, 0.1) is 0 Å². The molecular formula is C19H23ClN2S. The van der Waals surface area contributed by atoms with Gasteiger partial charge in [0.2, 0.25) is 0 Å². The van der Waals surface area contributed by atoms with E-state index < -0.39 is 0 Å². The number of hydrogen-bond acceptors (Lipinski definition) is 3. The Labute approximate surface area is 148 Å². The van der Waals surface area contributed by atoms with Gasteiger partial charge in [0, 0.05) is 47.0 Å². The van der Waals surface area contributed by atoms with Crippen LogP contribution in [-0.2, 0) is 0 Å². The summed E-state index contributed by atoms with van der Waals surface area (Å²) in [6.45, 7) is 6.71. The fourth-order valence-electron chi connectivity index (χ4n) is 3.15. The molecule has 0 aromatic heterocycles. The van der Waals surface area contributed by atoms with Gasteiger partial charge in [0.25, 0.3) is 0 Å². The summed E-state index contributed by atoms with van der Waals surface area (Å²) in [5, 5.41) is 4.23. The molecule has 122 valence electrons. The van der Waals surface area contributed by atoms with Crippen LogP contribution in [0.2, 0.25) is 5.02 Å². The van der Waals surface area contributed by atoms with E-state index in [0.29, 0.717) is 6.04 Å². The van der Waals surface area contributed by atoms with Gasteiger partial charge < -0.3 is 5.32 Å². The molecule has 0 unspecified atom stereocenters. The van der Waals surface area contributed by atoms with Crippen LogP contribution in [0.25, 0.3) is 0 Å². The lowest BCUT2D eigenvalue weighted by Crippen LogP contribution is -2.45. The molecule has 1 saturated heterocycles. The molecule has 4 heteroatoms. The minimum atomic E-state index is 0.494. The molecule has 0 aliphatic carbocycles. The molecule has 3 rings (SSSR count). The molecule has 2 aromatic rings. The van der Waals surface area contributed by atoms with Crippen molar-refractivity contribution in [3.63, 3.8) is 0 Å². The van der Waals surface area contributed by atoms with Crippen LogP contribution in [0.15, 0.2) is 58.3 Å². The van der Waals surface area contributed by atoms with Crippen molar-refractivity contribution in [2.24, 2.45) is 0 Å². The van der Waals surface area contributed by atoms with Gasteiger partial charge in [0.15, 0.2) is 0 Å². The van der Waals surface area contributed by atoms with Gasteiger partial charge in [-0.3, -0.25) is 4.90 Å². The Bertz CT molecular complexity index is 624. The molecule has 0 bridgehead atoms. The predicted octanol–water partition coefficient (Wildman–Crippen LogP) is 4.85. The number of piperazine rings is 1. The molecule has 1 heterocycles. The van der Waals surface area contributed by atoms with Crippen LogP contribution >= 0.6 is 23.4 Å². The summed E-state index contributed by atoms with van der Waals surface area (Å²) in [7, 11) is 0. The number of nitrogens with zero attached hydrogens (tertiary/aromatic N) is 1. The smallest absolute Gasteiger partial charge is 0.0406 e. The molecule has 0 amide bonds. The second-order valence-electron chi connectivity index (χ2n) is 5.80. The van der Waals surface area contributed by atoms with Gasteiger partial charge in [0.1, 0.15) is 0 Å². The standard InChI is InChI=1S/C19H23ClN2S/c1-2-18(22-13-11-21-12-14-22)17-5-3-4-6-19(17)23-16-9-7-15(20)8-10-16/h3-10,18,21H,2,11-14H2,1H3/t18-/m0/s1. The largest absolute Gasteiger partial charge is 0.314 e. The Kier molecular flexibility index (Phi) is 6.01. The van der Waals surface area contributed by atoms with Crippen molar-refractivity contribution in [1.29, 1.82) is 0 Å². The van der Waals surface area contributed by atoms with Gasteiger partial charge in [-0.1, -0.05) is 48.5 Å². The van der Waals surface area contributed by atoms with Crippen LogP contribution in [0.5, 0.6) is 0 Å². The van der Waals surface area contributed by atoms with Crippen LogP contribution < -0.4 is 5.32 Å². The maximum atomic E-state index is 6.00. The second-order valence-corrected chi connectivity index (χ2v) is 7.36. The summed E-state index contributed by atoms with van der Waals surface area (Å²) in [5.74, 6) is 0. The normalized spacial score (nSPS) is 17.1. The first-order chi connectivity index (χ1) is 11.3. The van der Waals surface area contributed by atoms with Crippen molar-refractivity contribution in [2.75, 3.05) is 26.2 Å². The summed E-state index contributed by atoms with van der Waals surface area (Å²) in [6, 6.07) is 17.4. The highest BCUT2D eigenvalue weighted by Gasteiger charge is 2.22. The van der Waals surface area contributed by atoms with E-state index >= 15 is 0 Å². The minimum absolute atomic E-state index is 0.494. The summed E-state index contributed by atoms with van der Waals surface area (Å²) in [4.78, 5) is 5.19. The monoisotopic (exact) mass is 346 g/mol. The Morgan fingerprint density at radius 1 is 1.09 bits per heavy atom. The van der Waals surface area contributed by atoms with E-state index in [1.165, 1.54) is 15.4 Å². The third kappa shape index (κ3) is 4.30. The number of benzene rings is 2. The zero-order valence-corrected chi connectivity index (χ0v) is 15.0. The molecule has 0 radical (unpaired) electrons. The summed E-state index contributed by atoms with van der Waals surface area (Å²) >= 11 is 7.83. The van der Waals surface area contributed by atoms with Crippen LogP contribution in [0.1, 0.15) is 24.9 Å². The van der Waals surface area contributed by atoms with Crippen molar-refractivity contribution in [1.82, 2.24) is 10.2 Å². The van der Waals surface area contributed by atoms with Crippen molar-refractivity contribution in [3.8, 4) is 0 Å². The van der Waals surface area contributed by atoms with Crippen molar-refractivity contribution in [3.05, 3.63) is 59.1 Å². The highest BCUT2D eigenvalue weighted by Crippen LogP contribution is 2.36. The van der Waals surface area contributed by atoms with E-state index in [1.807, 2.05) is 23.9 Å². The number of halogens is 1. The molecule has 23 heavy (non-hydrogen) atoms. The molecule has 1 fully saturated rings. The molecule has 1 aliphatic heterocycles. The average Bonchev–Trinajstić information content (AvgIpc) is 2.60. The van der Waals surface area contributed by atoms with Crippen LogP contribution in [0.4, 0.5) is 0 Å². The first-order valence-corrected chi connectivity index (χ1v) is 9.44. The fourth-order valence-corrected chi connectivity index (χ4v) is 4.27. The van der Waals surface area contributed by atoms with E-state index in [4.69, 9.17) is 11.6 Å². The number of hydrogen-bond donors (Lipinski definition) is 1. The van der Waals surface area contributed by atoms with E-state index in [2.05, 4.69) is 53.5 Å². The lowest BCUT2D eigenvalue weighted by atomic mass is 10.0. The lowest BCUT2D eigenvalue weighted by Gasteiger charge is -2.35. The molecule has 0 saturated carbocycles. The molecule has 1 N–H and O–H groups in total. The van der Waals surface area contributed by atoms with Crippen molar-refractivity contribution < 1.29 is 0 Å². The predicted molar refractivity (Wildman–Crippen MR) is 99.5 cm³/mol. The minimum Gasteiger partial charge on any atom is -0.314 e. The Balaban J connectivity index is 1.85. The number of nitrogens with one attached hydrogen (secondary N) is 1. The third-order valence-corrected chi connectivity index (χ3v) is 5.65. The first kappa shape index (κ1) is 16.8. The van der Waals surface area contributed by atoms with Gasteiger partial charge >= 0.3 is 0 Å². The third-order valence-electron chi connectivity index (χ3n) is 4.30. The Hall–Kier alpha value is -1.00. The SMILES string of the molecule is CC[C@@H](c1ccccc1Sc1ccc(Cl)cc1)N1CCNCC1. The fraction of sp³-hybridized carbons (Fsp3) is 0.368. The van der Waals surface area contributed by atoms with Gasteiger partial charge in [0.05, 0.1) is 0 Å². The first-order valence-electron chi connectivity index (χ1n) is 8.25. The molecular weight excluding hydrogens is 324 g/mol. The molecule has 2 aromatic carbocycles. The van der Waals surface area contributed by atoms with E-state index in [0.717, 1.165) is 37.6 Å². The second kappa shape index (κ2) is 8.20. The highest BCUT2D eigenvalue weighted by atomic mass is 35.5. The molecule has 1 atom stereocenters. The Morgan fingerprint density at radius 2 is 1.78 bits per heavy atom. The van der Waals surface area contributed by atoms with Crippen molar-refractivity contribution >= 4 is 23.4 Å². The van der Waals surface area contributed by atoms with E-state index in [-0.39, 0.29) is 0 Å².